The molecule has 1 N–H and O–H groups in total. The van der Waals surface area contributed by atoms with Gasteiger partial charge < -0.3 is 29.3 Å². The minimum Gasteiger partial charge on any atom is -0.444 e. The fraction of sp³-hybridized carbons (Fsp3) is 0.560. The standard InChI is InChI=1S/C25H32F3N5O4/c1-24(2,3)37-23(34)33-14-20(31-22-29-12-19(13-30-22)32-8-10-35-11-9-32)21(15-33)36-16-17-4-6-18(7-5-17)25(26,27)28/h4-7,12-13,20-21H,8-11,14-16H2,1-3H3,(H,29,30,31). The zero-order chi connectivity index (χ0) is 26.6. The quantitative estimate of drug-likeness (QED) is 0.609. The number of ether oxygens (including phenoxy) is 3. The molecule has 0 spiro atoms. The van der Waals surface area contributed by atoms with Gasteiger partial charge in [-0.25, -0.2) is 14.8 Å². The first-order valence-corrected chi connectivity index (χ1v) is 12.1. The lowest BCUT2D eigenvalue weighted by Gasteiger charge is -2.28. The van der Waals surface area contributed by atoms with Gasteiger partial charge in [0, 0.05) is 19.6 Å². The molecule has 1 amide bonds. The van der Waals surface area contributed by atoms with Gasteiger partial charge in [-0.15, -0.1) is 0 Å². The van der Waals surface area contributed by atoms with Gasteiger partial charge in [-0.2, -0.15) is 13.2 Å². The summed E-state index contributed by atoms with van der Waals surface area (Å²) in [5, 5.41) is 3.25. The van der Waals surface area contributed by atoms with Crippen LogP contribution in [0.1, 0.15) is 31.9 Å². The summed E-state index contributed by atoms with van der Waals surface area (Å²) in [6.07, 6.45) is -1.86. The van der Waals surface area contributed by atoms with Crippen LogP contribution in [-0.2, 0) is 27.0 Å². The number of alkyl halides is 3. The zero-order valence-corrected chi connectivity index (χ0v) is 21.1. The Kier molecular flexibility index (Phi) is 8.08. The molecular weight excluding hydrogens is 491 g/mol. The van der Waals surface area contributed by atoms with Crippen molar-refractivity contribution < 1.29 is 32.2 Å². The Morgan fingerprint density at radius 1 is 1.08 bits per heavy atom. The maximum absolute atomic E-state index is 12.9. The van der Waals surface area contributed by atoms with Gasteiger partial charge in [0.1, 0.15) is 5.60 Å². The molecule has 0 aliphatic carbocycles. The number of benzene rings is 1. The molecule has 2 aromatic rings. The minimum atomic E-state index is -4.40. The van der Waals surface area contributed by atoms with E-state index in [1.54, 1.807) is 38.1 Å². The van der Waals surface area contributed by atoms with Crippen molar-refractivity contribution in [2.24, 2.45) is 0 Å². The van der Waals surface area contributed by atoms with Gasteiger partial charge in [-0.3, -0.25) is 0 Å². The number of rotatable bonds is 6. The first-order valence-electron chi connectivity index (χ1n) is 12.1. The van der Waals surface area contributed by atoms with Crippen LogP contribution < -0.4 is 10.2 Å². The molecule has 3 heterocycles. The second-order valence-electron chi connectivity index (χ2n) is 10.0. The number of morpholine rings is 1. The van der Waals surface area contributed by atoms with Crippen LogP contribution in [0.15, 0.2) is 36.7 Å². The SMILES string of the molecule is CC(C)(C)OC(=O)N1CC(Nc2ncc(N3CCOCC3)cn2)C(OCc2ccc(C(F)(F)F)cc2)C1. The molecule has 0 saturated carbocycles. The van der Waals surface area contributed by atoms with E-state index in [0.29, 0.717) is 31.3 Å². The lowest BCUT2D eigenvalue weighted by molar-refractivity contribution is -0.137. The van der Waals surface area contributed by atoms with Crippen LogP contribution >= 0.6 is 0 Å². The minimum absolute atomic E-state index is 0.0833. The van der Waals surface area contributed by atoms with Crippen molar-refractivity contribution in [2.75, 3.05) is 49.6 Å². The molecule has 0 radical (unpaired) electrons. The van der Waals surface area contributed by atoms with Crippen LogP contribution in [0.4, 0.5) is 29.6 Å². The predicted molar refractivity (Wildman–Crippen MR) is 130 cm³/mol. The van der Waals surface area contributed by atoms with Gasteiger partial charge >= 0.3 is 12.3 Å². The fourth-order valence-electron chi connectivity index (χ4n) is 4.10. The van der Waals surface area contributed by atoms with Gasteiger partial charge in [-0.1, -0.05) is 12.1 Å². The van der Waals surface area contributed by atoms with Crippen LogP contribution in [0, 0.1) is 0 Å². The number of nitrogens with one attached hydrogen (secondary N) is 1. The Morgan fingerprint density at radius 2 is 1.73 bits per heavy atom. The highest BCUT2D eigenvalue weighted by Crippen LogP contribution is 2.29. The van der Waals surface area contributed by atoms with Crippen LogP contribution in [0.2, 0.25) is 0 Å². The van der Waals surface area contributed by atoms with Crippen LogP contribution in [-0.4, -0.2) is 78.1 Å². The molecule has 202 valence electrons. The third-order valence-electron chi connectivity index (χ3n) is 5.99. The Labute approximate surface area is 213 Å². The van der Waals surface area contributed by atoms with Gasteiger partial charge in [0.15, 0.2) is 0 Å². The van der Waals surface area contributed by atoms with Gasteiger partial charge in [0.25, 0.3) is 0 Å². The summed E-state index contributed by atoms with van der Waals surface area (Å²) in [6.45, 7) is 8.84. The molecule has 4 rings (SSSR count). The maximum Gasteiger partial charge on any atom is 0.416 e. The van der Waals surface area contributed by atoms with Crippen molar-refractivity contribution in [3.63, 3.8) is 0 Å². The fourth-order valence-corrected chi connectivity index (χ4v) is 4.10. The van der Waals surface area contributed by atoms with E-state index in [1.165, 1.54) is 12.1 Å². The van der Waals surface area contributed by atoms with E-state index >= 15 is 0 Å². The molecule has 12 heteroatoms. The number of hydrogen-bond acceptors (Lipinski definition) is 8. The second-order valence-corrected chi connectivity index (χ2v) is 10.0. The second kappa shape index (κ2) is 11.1. The summed E-state index contributed by atoms with van der Waals surface area (Å²) >= 11 is 0. The van der Waals surface area contributed by atoms with E-state index in [0.717, 1.165) is 30.9 Å². The highest BCUT2D eigenvalue weighted by molar-refractivity contribution is 5.69. The largest absolute Gasteiger partial charge is 0.444 e. The van der Waals surface area contributed by atoms with Crippen LogP contribution in [0.25, 0.3) is 0 Å². The predicted octanol–water partition coefficient (Wildman–Crippen LogP) is 3.95. The van der Waals surface area contributed by atoms with E-state index in [2.05, 4.69) is 20.2 Å². The molecule has 2 aliphatic heterocycles. The lowest BCUT2D eigenvalue weighted by atomic mass is 10.1. The molecule has 2 aliphatic rings. The molecule has 9 nitrogen and oxygen atoms in total. The van der Waals surface area contributed by atoms with Crippen LogP contribution in [0.5, 0.6) is 0 Å². The molecule has 0 bridgehead atoms. The number of nitrogens with zero attached hydrogens (tertiary/aromatic N) is 4. The number of amides is 1. The van der Waals surface area contributed by atoms with Crippen LogP contribution in [0.3, 0.4) is 0 Å². The monoisotopic (exact) mass is 523 g/mol. The van der Waals surface area contributed by atoms with E-state index < -0.39 is 29.5 Å². The molecule has 2 saturated heterocycles. The first kappa shape index (κ1) is 26.9. The number of aromatic nitrogens is 2. The normalized spacial score (nSPS) is 20.7. The smallest absolute Gasteiger partial charge is 0.416 e. The Hall–Kier alpha value is -3.12. The Morgan fingerprint density at radius 3 is 2.32 bits per heavy atom. The van der Waals surface area contributed by atoms with Crippen molar-refractivity contribution in [2.45, 2.75) is 51.3 Å². The third-order valence-corrected chi connectivity index (χ3v) is 5.99. The Bertz CT molecular complexity index is 1040. The number of hydrogen-bond donors (Lipinski definition) is 1. The molecule has 2 atom stereocenters. The summed E-state index contributed by atoms with van der Waals surface area (Å²) in [5.41, 5.74) is 0.113. The van der Waals surface area contributed by atoms with Crippen molar-refractivity contribution in [1.29, 1.82) is 0 Å². The van der Waals surface area contributed by atoms with Crippen molar-refractivity contribution in [3.05, 3.63) is 47.8 Å². The number of carbonyl (C=O) groups excluding carboxylic acids is 1. The van der Waals surface area contributed by atoms with Gasteiger partial charge in [-0.05, 0) is 38.5 Å². The first-order chi connectivity index (χ1) is 17.5. The summed E-state index contributed by atoms with van der Waals surface area (Å²) < 4.78 is 55.5. The molecule has 2 fully saturated rings. The average molecular weight is 524 g/mol. The lowest BCUT2D eigenvalue weighted by Crippen LogP contribution is -2.37. The highest BCUT2D eigenvalue weighted by atomic mass is 19.4. The topological polar surface area (TPSA) is 89.1 Å². The number of halogens is 3. The molecule has 1 aromatic carbocycles. The van der Waals surface area contributed by atoms with Crippen molar-refractivity contribution in [1.82, 2.24) is 14.9 Å². The third kappa shape index (κ3) is 7.45. The Balaban J connectivity index is 1.42. The highest BCUT2D eigenvalue weighted by Gasteiger charge is 2.38. The summed E-state index contributed by atoms with van der Waals surface area (Å²) in [4.78, 5) is 25.2. The van der Waals surface area contributed by atoms with Gasteiger partial charge in [0.05, 0.1) is 62.2 Å². The molecular formula is C25H32F3N5O4. The summed E-state index contributed by atoms with van der Waals surface area (Å²) in [6, 6.07) is 4.48. The number of carbonyl (C=O) groups is 1. The van der Waals surface area contributed by atoms with E-state index in [4.69, 9.17) is 14.2 Å². The van der Waals surface area contributed by atoms with E-state index in [1.807, 2.05) is 0 Å². The zero-order valence-electron chi connectivity index (χ0n) is 21.1. The number of likely N-dealkylation sites (tertiary alicyclic amines) is 1. The summed E-state index contributed by atoms with van der Waals surface area (Å²) in [7, 11) is 0. The summed E-state index contributed by atoms with van der Waals surface area (Å²) in [5.74, 6) is 0.385. The van der Waals surface area contributed by atoms with E-state index in [9.17, 15) is 18.0 Å². The van der Waals surface area contributed by atoms with Crippen molar-refractivity contribution >= 4 is 17.7 Å². The molecule has 1 aromatic heterocycles. The van der Waals surface area contributed by atoms with Gasteiger partial charge in [0.2, 0.25) is 5.95 Å². The van der Waals surface area contributed by atoms with E-state index in [-0.39, 0.29) is 19.2 Å². The van der Waals surface area contributed by atoms with Crippen molar-refractivity contribution in [3.8, 4) is 0 Å². The molecule has 37 heavy (non-hydrogen) atoms. The maximum atomic E-state index is 12.9. The number of anilines is 2. The molecule has 2 unspecified atom stereocenters. The average Bonchev–Trinajstić information content (AvgIpc) is 3.25.